The highest BCUT2D eigenvalue weighted by Gasteiger charge is 2.27. The maximum Gasteiger partial charge on any atom is 0.416 e. The van der Waals surface area contributed by atoms with Crippen LogP contribution in [0.3, 0.4) is 0 Å². The number of halogens is 1. The lowest BCUT2D eigenvalue weighted by atomic mass is 10.1. The Morgan fingerprint density at radius 1 is 1.16 bits per heavy atom. The second kappa shape index (κ2) is 15.6. The standard InChI is InChI=1S/C33H42ClN5O5S/c1-7-13-43-31(40)37-26-17-23(16-24(34)18-26)21-39(32(41)44-33(4,5)6)29-20-27(38-11-14-42-15-12-38)19-25(36-29)9-10-30-35-22(3)28(8-2)45-30/h7,16-20H,1,8-15,21H2,2-6H3,(H,37,40). The lowest BCUT2D eigenvalue weighted by Crippen LogP contribution is -2.38. The fourth-order valence-electron chi connectivity index (χ4n) is 4.83. The van der Waals surface area contributed by atoms with Gasteiger partial charge in [0.05, 0.1) is 30.5 Å². The molecule has 242 valence electrons. The molecular formula is C33H42ClN5O5S. The van der Waals surface area contributed by atoms with Gasteiger partial charge in [0.1, 0.15) is 18.0 Å². The zero-order chi connectivity index (χ0) is 32.6. The molecule has 2 aromatic heterocycles. The average molecular weight is 656 g/mol. The number of aromatic nitrogens is 2. The Hall–Kier alpha value is -3.67. The Bertz CT molecular complexity index is 1500. The first-order valence-electron chi connectivity index (χ1n) is 15.1. The number of anilines is 3. The molecule has 1 aliphatic heterocycles. The van der Waals surface area contributed by atoms with Crippen molar-refractivity contribution >= 4 is 52.3 Å². The zero-order valence-electron chi connectivity index (χ0n) is 26.7. The van der Waals surface area contributed by atoms with Crippen molar-refractivity contribution in [3.05, 3.63) is 74.8 Å². The fourth-order valence-corrected chi connectivity index (χ4v) is 6.09. The SMILES string of the molecule is C=CCOC(=O)Nc1cc(Cl)cc(CN(C(=O)OC(C)(C)C)c2cc(N3CCOCC3)cc(CCc3nc(C)c(CC)s3)n2)c1. The van der Waals surface area contributed by atoms with E-state index in [2.05, 4.69) is 29.8 Å². The number of hydrogen-bond donors (Lipinski definition) is 1. The lowest BCUT2D eigenvalue weighted by Gasteiger charge is -2.31. The van der Waals surface area contributed by atoms with Crippen molar-refractivity contribution < 1.29 is 23.8 Å². The maximum absolute atomic E-state index is 13.8. The molecule has 0 radical (unpaired) electrons. The minimum absolute atomic E-state index is 0.0705. The predicted molar refractivity (Wildman–Crippen MR) is 180 cm³/mol. The van der Waals surface area contributed by atoms with Gasteiger partial charge in [-0.25, -0.2) is 19.6 Å². The quantitative estimate of drug-likeness (QED) is 0.214. The monoisotopic (exact) mass is 655 g/mol. The number of carbonyl (C=O) groups excluding carboxylic acids is 2. The number of rotatable bonds is 11. The van der Waals surface area contributed by atoms with Crippen LogP contribution in [0.4, 0.5) is 26.8 Å². The van der Waals surface area contributed by atoms with E-state index in [9.17, 15) is 9.59 Å². The van der Waals surface area contributed by atoms with Gasteiger partial charge in [-0.3, -0.25) is 10.2 Å². The van der Waals surface area contributed by atoms with Crippen LogP contribution in [0.1, 0.15) is 54.5 Å². The van der Waals surface area contributed by atoms with Crippen molar-refractivity contribution in [1.82, 2.24) is 9.97 Å². The number of benzene rings is 1. The van der Waals surface area contributed by atoms with E-state index in [4.69, 9.17) is 35.8 Å². The second-order valence-corrected chi connectivity index (χ2v) is 13.3. The Labute approximate surface area is 274 Å². The van der Waals surface area contributed by atoms with Gasteiger partial charge in [0.2, 0.25) is 0 Å². The van der Waals surface area contributed by atoms with Crippen LogP contribution in [0.2, 0.25) is 5.02 Å². The minimum Gasteiger partial charge on any atom is -0.445 e. The summed E-state index contributed by atoms with van der Waals surface area (Å²) in [7, 11) is 0. The van der Waals surface area contributed by atoms with Gasteiger partial charge in [0.15, 0.2) is 0 Å². The number of carbonyl (C=O) groups is 2. The summed E-state index contributed by atoms with van der Waals surface area (Å²) in [6.07, 6.45) is 2.64. The summed E-state index contributed by atoms with van der Waals surface area (Å²) in [5.41, 5.74) is 3.22. The molecule has 3 aromatic rings. The number of nitrogens with one attached hydrogen (secondary N) is 1. The van der Waals surface area contributed by atoms with Crippen molar-refractivity contribution in [3.63, 3.8) is 0 Å². The van der Waals surface area contributed by atoms with E-state index in [1.807, 2.05) is 33.8 Å². The molecule has 1 N–H and O–H groups in total. The van der Waals surface area contributed by atoms with Gasteiger partial charge in [0, 0.05) is 52.5 Å². The van der Waals surface area contributed by atoms with Gasteiger partial charge in [-0.2, -0.15) is 0 Å². The lowest BCUT2D eigenvalue weighted by molar-refractivity contribution is 0.0576. The third-order valence-corrected chi connectivity index (χ3v) is 8.43. The smallest absolute Gasteiger partial charge is 0.416 e. The number of amides is 2. The molecule has 0 spiro atoms. The van der Waals surface area contributed by atoms with E-state index >= 15 is 0 Å². The Kier molecular flexibility index (Phi) is 11.8. The number of hydrogen-bond acceptors (Lipinski definition) is 9. The molecular weight excluding hydrogens is 614 g/mol. The third-order valence-electron chi connectivity index (χ3n) is 6.85. The highest BCUT2D eigenvalue weighted by molar-refractivity contribution is 7.11. The molecule has 0 unspecified atom stereocenters. The van der Waals surface area contributed by atoms with Crippen molar-refractivity contribution in [2.24, 2.45) is 0 Å². The van der Waals surface area contributed by atoms with Crippen LogP contribution in [-0.4, -0.2) is 60.7 Å². The molecule has 2 amide bonds. The first-order chi connectivity index (χ1) is 21.4. The predicted octanol–water partition coefficient (Wildman–Crippen LogP) is 7.36. The Morgan fingerprint density at radius 3 is 2.58 bits per heavy atom. The third kappa shape index (κ3) is 10.2. The molecule has 45 heavy (non-hydrogen) atoms. The number of thiazole rings is 1. The minimum atomic E-state index is -0.740. The van der Waals surface area contributed by atoms with Crippen LogP contribution >= 0.6 is 22.9 Å². The molecule has 0 atom stereocenters. The summed E-state index contributed by atoms with van der Waals surface area (Å²) < 4.78 is 16.5. The summed E-state index contributed by atoms with van der Waals surface area (Å²) in [5, 5.41) is 4.13. The van der Waals surface area contributed by atoms with Crippen LogP contribution in [0.5, 0.6) is 0 Å². The second-order valence-electron chi connectivity index (χ2n) is 11.7. The molecule has 0 bridgehead atoms. The molecule has 3 heterocycles. The summed E-state index contributed by atoms with van der Waals surface area (Å²) in [4.78, 5) is 40.8. The summed E-state index contributed by atoms with van der Waals surface area (Å²) in [5.74, 6) is 0.452. The molecule has 4 rings (SSSR count). The number of ether oxygens (including phenoxy) is 3. The van der Waals surface area contributed by atoms with E-state index < -0.39 is 17.8 Å². The van der Waals surface area contributed by atoms with Gasteiger partial charge >= 0.3 is 12.2 Å². The van der Waals surface area contributed by atoms with E-state index in [0.717, 1.165) is 48.0 Å². The van der Waals surface area contributed by atoms with Crippen molar-refractivity contribution in [2.75, 3.05) is 48.0 Å². The molecule has 0 saturated carbocycles. The van der Waals surface area contributed by atoms with Crippen LogP contribution in [0.25, 0.3) is 0 Å². The molecule has 10 nitrogen and oxygen atoms in total. The van der Waals surface area contributed by atoms with E-state index in [-0.39, 0.29) is 13.2 Å². The van der Waals surface area contributed by atoms with Gasteiger partial charge in [-0.15, -0.1) is 11.3 Å². The number of pyridine rings is 1. The highest BCUT2D eigenvalue weighted by Crippen LogP contribution is 2.29. The fraction of sp³-hybridized carbons (Fsp3) is 0.455. The van der Waals surface area contributed by atoms with Crippen molar-refractivity contribution in [1.29, 1.82) is 0 Å². The van der Waals surface area contributed by atoms with Gasteiger partial charge < -0.3 is 19.1 Å². The molecule has 12 heteroatoms. The van der Waals surface area contributed by atoms with Crippen molar-refractivity contribution in [2.45, 2.75) is 66.0 Å². The number of morpholine rings is 1. The summed E-state index contributed by atoms with van der Waals surface area (Å²) >= 11 is 8.18. The van der Waals surface area contributed by atoms with E-state index in [1.54, 1.807) is 29.5 Å². The molecule has 1 fully saturated rings. The van der Waals surface area contributed by atoms with Crippen LogP contribution in [0, 0.1) is 6.92 Å². The molecule has 0 aliphatic carbocycles. The topological polar surface area (TPSA) is 106 Å². The summed E-state index contributed by atoms with van der Waals surface area (Å²) in [6, 6.07) is 9.08. The van der Waals surface area contributed by atoms with Gasteiger partial charge in [-0.1, -0.05) is 31.2 Å². The van der Waals surface area contributed by atoms with Crippen LogP contribution in [-0.2, 0) is 40.0 Å². The first kappa shape index (κ1) is 34.2. The Balaban J connectivity index is 1.70. The molecule has 1 saturated heterocycles. The van der Waals surface area contributed by atoms with Gasteiger partial charge in [-0.05, 0) is 70.4 Å². The molecule has 1 aliphatic rings. The zero-order valence-corrected chi connectivity index (χ0v) is 28.2. The number of aryl methyl sites for hydroxylation is 4. The van der Waals surface area contributed by atoms with E-state index in [0.29, 0.717) is 41.7 Å². The molecule has 1 aromatic carbocycles. The van der Waals surface area contributed by atoms with Crippen LogP contribution < -0.4 is 15.1 Å². The first-order valence-corrected chi connectivity index (χ1v) is 16.3. The number of nitrogens with zero attached hydrogens (tertiary/aromatic N) is 4. The highest BCUT2D eigenvalue weighted by atomic mass is 35.5. The van der Waals surface area contributed by atoms with Gasteiger partial charge in [0.25, 0.3) is 0 Å². The normalized spacial score (nSPS) is 13.3. The van der Waals surface area contributed by atoms with Crippen molar-refractivity contribution in [3.8, 4) is 0 Å². The van der Waals surface area contributed by atoms with Crippen LogP contribution in [0.15, 0.2) is 43.0 Å². The van der Waals surface area contributed by atoms with E-state index in [1.165, 1.54) is 15.9 Å². The maximum atomic E-state index is 13.8. The summed E-state index contributed by atoms with van der Waals surface area (Å²) in [6.45, 7) is 16.1. The Morgan fingerprint density at radius 2 is 1.91 bits per heavy atom. The average Bonchev–Trinajstić information content (AvgIpc) is 3.36. The largest absolute Gasteiger partial charge is 0.445 e.